The molecular formula is C13H10FNOS. The van der Waals surface area contributed by atoms with Crippen molar-refractivity contribution in [2.24, 2.45) is 0 Å². The molecule has 2 nitrogen and oxygen atoms in total. The third kappa shape index (κ3) is 1.85. The summed E-state index contributed by atoms with van der Waals surface area (Å²) >= 11 is 1.41. The van der Waals surface area contributed by atoms with E-state index in [2.05, 4.69) is 4.98 Å². The maximum absolute atomic E-state index is 13.1. The van der Waals surface area contributed by atoms with Crippen LogP contribution in [0.4, 0.5) is 4.39 Å². The van der Waals surface area contributed by atoms with Crippen molar-refractivity contribution in [3.8, 4) is 0 Å². The highest BCUT2D eigenvalue weighted by Gasteiger charge is 2.14. The van der Waals surface area contributed by atoms with Crippen molar-refractivity contribution in [3.63, 3.8) is 0 Å². The topological polar surface area (TPSA) is 36.0 Å². The molecule has 3 aromatic rings. The SMILES string of the molecule is OC(c1cc[nH]c1)c1cc2ccc(F)cc2s1. The van der Waals surface area contributed by atoms with Crippen molar-refractivity contribution in [1.29, 1.82) is 0 Å². The summed E-state index contributed by atoms with van der Waals surface area (Å²) in [5.74, 6) is -0.248. The zero-order valence-corrected chi connectivity index (χ0v) is 9.67. The lowest BCUT2D eigenvalue weighted by Gasteiger charge is -2.04. The Morgan fingerprint density at radius 3 is 2.88 bits per heavy atom. The van der Waals surface area contributed by atoms with Crippen molar-refractivity contribution in [3.05, 3.63) is 59.0 Å². The van der Waals surface area contributed by atoms with Crippen LogP contribution in [0.2, 0.25) is 0 Å². The first-order chi connectivity index (χ1) is 8.24. The fourth-order valence-corrected chi connectivity index (χ4v) is 2.94. The first-order valence-corrected chi connectivity index (χ1v) is 6.05. The Balaban J connectivity index is 2.06. The van der Waals surface area contributed by atoms with Gasteiger partial charge < -0.3 is 10.1 Å². The average molecular weight is 247 g/mol. The van der Waals surface area contributed by atoms with Gasteiger partial charge in [-0.05, 0) is 29.7 Å². The van der Waals surface area contributed by atoms with Crippen LogP contribution in [0.3, 0.4) is 0 Å². The zero-order chi connectivity index (χ0) is 11.8. The third-order valence-electron chi connectivity index (χ3n) is 2.71. The largest absolute Gasteiger partial charge is 0.383 e. The predicted octanol–water partition coefficient (Wildman–Crippen LogP) is 3.45. The molecule has 0 aliphatic carbocycles. The van der Waals surface area contributed by atoms with Crippen LogP contribution in [0.15, 0.2) is 42.7 Å². The minimum atomic E-state index is -0.651. The van der Waals surface area contributed by atoms with E-state index >= 15 is 0 Å². The summed E-state index contributed by atoms with van der Waals surface area (Å²) in [4.78, 5) is 3.73. The van der Waals surface area contributed by atoms with Crippen molar-refractivity contribution in [1.82, 2.24) is 4.98 Å². The monoisotopic (exact) mass is 247 g/mol. The highest BCUT2D eigenvalue weighted by molar-refractivity contribution is 7.19. The van der Waals surface area contributed by atoms with Crippen LogP contribution >= 0.6 is 11.3 Å². The van der Waals surface area contributed by atoms with Crippen molar-refractivity contribution >= 4 is 21.4 Å². The molecule has 1 aromatic carbocycles. The van der Waals surface area contributed by atoms with Gasteiger partial charge in [0.15, 0.2) is 0 Å². The van der Waals surface area contributed by atoms with Crippen LogP contribution in [0.25, 0.3) is 10.1 Å². The van der Waals surface area contributed by atoms with Crippen LogP contribution in [-0.2, 0) is 0 Å². The second kappa shape index (κ2) is 3.98. The molecule has 2 N–H and O–H groups in total. The standard InChI is InChI=1S/C13H10FNOS/c14-10-2-1-8-5-12(17-11(8)6-10)13(16)9-3-4-15-7-9/h1-7,13,15-16H. The number of halogens is 1. The number of aromatic nitrogens is 1. The average Bonchev–Trinajstić information content (AvgIpc) is 2.96. The minimum Gasteiger partial charge on any atom is -0.383 e. The Morgan fingerprint density at radius 1 is 1.24 bits per heavy atom. The number of hydrogen-bond donors (Lipinski definition) is 2. The van der Waals surface area contributed by atoms with E-state index in [0.717, 1.165) is 20.5 Å². The van der Waals surface area contributed by atoms with Gasteiger partial charge in [0, 0.05) is 27.5 Å². The number of thiophene rings is 1. The fraction of sp³-hybridized carbons (Fsp3) is 0.0769. The highest BCUT2D eigenvalue weighted by atomic mass is 32.1. The fourth-order valence-electron chi connectivity index (χ4n) is 1.83. The molecule has 1 atom stereocenters. The van der Waals surface area contributed by atoms with E-state index in [-0.39, 0.29) is 5.82 Å². The van der Waals surface area contributed by atoms with Gasteiger partial charge in [0.1, 0.15) is 11.9 Å². The Bertz CT molecular complexity index is 645. The lowest BCUT2D eigenvalue weighted by Crippen LogP contribution is -1.93. The summed E-state index contributed by atoms with van der Waals surface area (Å²) in [5.41, 5.74) is 0.817. The summed E-state index contributed by atoms with van der Waals surface area (Å²) in [5, 5.41) is 11.1. The van der Waals surface area contributed by atoms with Crippen LogP contribution in [-0.4, -0.2) is 10.1 Å². The van der Waals surface area contributed by atoms with Crippen molar-refractivity contribution in [2.75, 3.05) is 0 Å². The minimum absolute atomic E-state index is 0.248. The van der Waals surface area contributed by atoms with Crippen LogP contribution in [0.1, 0.15) is 16.5 Å². The number of hydrogen-bond acceptors (Lipinski definition) is 2. The highest BCUT2D eigenvalue weighted by Crippen LogP contribution is 2.33. The Morgan fingerprint density at radius 2 is 2.12 bits per heavy atom. The molecule has 3 rings (SSSR count). The number of H-pyrrole nitrogens is 1. The molecule has 1 unspecified atom stereocenters. The molecule has 86 valence electrons. The van der Waals surface area contributed by atoms with Crippen molar-refractivity contribution < 1.29 is 9.50 Å². The molecule has 0 saturated carbocycles. The molecule has 2 aromatic heterocycles. The summed E-state index contributed by atoms with van der Waals surface area (Å²) in [6.07, 6.45) is 2.88. The predicted molar refractivity (Wildman–Crippen MR) is 66.6 cm³/mol. The quantitative estimate of drug-likeness (QED) is 0.715. The lowest BCUT2D eigenvalue weighted by molar-refractivity contribution is 0.224. The van der Waals surface area contributed by atoms with E-state index < -0.39 is 6.10 Å². The summed E-state index contributed by atoms with van der Waals surface area (Å²) in [6.45, 7) is 0. The van der Waals surface area contributed by atoms with E-state index in [0.29, 0.717) is 0 Å². The number of nitrogens with one attached hydrogen (secondary N) is 1. The third-order valence-corrected chi connectivity index (χ3v) is 3.86. The number of aliphatic hydroxyl groups excluding tert-OH is 1. The summed E-state index contributed by atoms with van der Waals surface area (Å²) < 4.78 is 13.9. The number of benzene rings is 1. The second-order valence-corrected chi connectivity index (χ2v) is 4.99. The molecule has 0 aliphatic rings. The molecular weight excluding hydrogens is 237 g/mol. The summed E-state index contributed by atoms with van der Waals surface area (Å²) in [7, 11) is 0. The Hall–Kier alpha value is -1.65. The molecule has 0 spiro atoms. The molecule has 4 heteroatoms. The lowest BCUT2D eigenvalue weighted by atomic mass is 10.1. The number of aromatic amines is 1. The summed E-state index contributed by atoms with van der Waals surface area (Å²) in [6, 6.07) is 8.39. The van der Waals surface area contributed by atoms with Crippen LogP contribution in [0, 0.1) is 5.82 Å². The van der Waals surface area contributed by atoms with Gasteiger partial charge >= 0.3 is 0 Å². The normalized spacial score (nSPS) is 13.1. The van der Waals surface area contributed by atoms with Crippen LogP contribution < -0.4 is 0 Å². The maximum Gasteiger partial charge on any atom is 0.124 e. The van der Waals surface area contributed by atoms with Gasteiger partial charge in [-0.2, -0.15) is 0 Å². The van der Waals surface area contributed by atoms with Gasteiger partial charge in [-0.15, -0.1) is 11.3 Å². The number of aliphatic hydroxyl groups is 1. The van der Waals surface area contributed by atoms with E-state index in [1.54, 1.807) is 18.5 Å². The maximum atomic E-state index is 13.1. The Labute approximate surface area is 101 Å². The van der Waals surface area contributed by atoms with Gasteiger partial charge in [-0.3, -0.25) is 0 Å². The smallest absolute Gasteiger partial charge is 0.124 e. The van der Waals surface area contributed by atoms with Crippen molar-refractivity contribution in [2.45, 2.75) is 6.10 Å². The van der Waals surface area contributed by atoms with E-state index in [4.69, 9.17) is 0 Å². The molecule has 0 fully saturated rings. The zero-order valence-electron chi connectivity index (χ0n) is 8.85. The molecule has 17 heavy (non-hydrogen) atoms. The molecule has 2 heterocycles. The van der Waals surface area contributed by atoms with Gasteiger partial charge in [-0.25, -0.2) is 4.39 Å². The number of rotatable bonds is 2. The number of fused-ring (bicyclic) bond motifs is 1. The Kier molecular flexibility index (Phi) is 2.46. The first kappa shape index (κ1) is 10.5. The molecule has 0 amide bonds. The van der Waals surface area contributed by atoms with E-state index in [1.165, 1.54) is 23.5 Å². The van der Waals surface area contributed by atoms with Gasteiger partial charge in [0.25, 0.3) is 0 Å². The van der Waals surface area contributed by atoms with Gasteiger partial charge in [0.2, 0.25) is 0 Å². The van der Waals surface area contributed by atoms with E-state index in [9.17, 15) is 9.50 Å². The van der Waals surface area contributed by atoms with Gasteiger partial charge in [0.05, 0.1) is 0 Å². The molecule has 0 saturated heterocycles. The van der Waals surface area contributed by atoms with E-state index in [1.807, 2.05) is 12.1 Å². The van der Waals surface area contributed by atoms with Crippen LogP contribution in [0.5, 0.6) is 0 Å². The van der Waals surface area contributed by atoms with Gasteiger partial charge in [-0.1, -0.05) is 6.07 Å². The second-order valence-electron chi connectivity index (χ2n) is 3.88. The molecule has 0 radical (unpaired) electrons. The molecule has 0 bridgehead atoms. The molecule has 0 aliphatic heterocycles. The first-order valence-electron chi connectivity index (χ1n) is 5.24.